The molecule has 3 aromatic rings. The highest BCUT2D eigenvalue weighted by molar-refractivity contribution is 5.82. The van der Waals surface area contributed by atoms with Crippen molar-refractivity contribution in [3.05, 3.63) is 30.2 Å². The molecule has 12 heteroatoms. The van der Waals surface area contributed by atoms with Gasteiger partial charge in [0.05, 0.1) is 12.9 Å². The molecule has 0 spiro atoms. The van der Waals surface area contributed by atoms with E-state index in [9.17, 15) is 15.3 Å². The minimum atomic E-state index is -1.23. The number of imidazole rings is 1. The number of nitrogens with zero attached hydrogens (tertiary/aromatic N) is 6. The van der Waals surface area contributed by atoms with Crippen molar-refractivity contribution >= 4 is 22.8 Å². The van der Waals surface area contributed by atoms with Crippen LogP contribution >= 0.6 is 0 Å². The molecule has 4 atom stereocenters. The van der Waals surface area contributed by atoms with Crippen LogP contribution < -0.4 is 11.1 Å². The number of anilines is 2. The lowest BCUT2D eigenvalue weighted by Crippen LogP contribution is -2.33. The van der Waals surface area contributed by atoms with Gasteiger partial charge in [-0.3, -0.25) is 4.57 Å². The first kappa shape index (κ1) is 18.4. The van der Waals surface area contributed by atoms with Gasteiger partial charge in [-0.15, -0.1) is 0 Å². The Bertz CT molecular complexity index is 996. The highest BCUT2D eigenvalue weighted by Crippen LogP contribution is 2.32. The summed E-state index contributed by atoms with van der Waals surface area (Å²) in [6, 6.07) is 0. The van der Waals surface area contributed by atoms with Gasteiger partial charge in [-0.1, -0.05) is 0 Å². The van der Waals surface area contributed by atoms with E-state index >= 15 is 0 Å². The second-order valence-electron chi connectivity index (χ2n) is 6.46. The van der Waals surface area contributed by atoms with Gasteiger partial charge < -0.3 is 31.1 Å². The van der Waals surface area contributed by atoms with Crippen molar-refractivity contribution in [2.24, 2.45) is 0 Å². The molecule has 0 bridgehead atoms. The lowest BCUT2D eigenvalue weighted by atomic mass is 10.1. The monoisotopic (exact) mass is 388 g/mol. The maximum absolute atomic E-state index is 10.2. The molecule has 28 heavy (non-hydrogen) atoms. The number of hydrogen-bond donors (Lipinski definition) is 5. The van der Waals surface area contributed by atoms with Crippen molar-refractivity contribution in [1.82, 2.24) is 29.5 Å². The van der Waals surface area contributed by atoms with Crippen molar-refractivity contribution < 1.29 is 20.1 Å². The summed E-state index contributed by atoms with van der Waals surface area (Å²) in [5.41, 5.74) is 7.47. The Kier molecular flexibility index (Phi) is 4.77. The molecule has 0 amide bonds. The molecule has 0 aliphatic carbocycles. The third-order valence-electron chi connectivity index (χ3n) is 4.61. The lowest BCUT2D eigenvalue weighted by Gasteiger charge is -2.16. The molecule has 12 nitrogen and oxygen atoms in total. The average Bonchev–Trinajstić information content (AvgIpc) is 3.23. The van der Waals surface area contributed by atoms with E-state index in [1.54, 1.807) is 13.1 Å². The molecule has 1 saturated heterocycles. The number of nitrogens with two attached hydrogens (primary N) is 1. The molecule has 4 heterocycles. The number of aryl methyl sites for hydroxylation is 1. The number of ether oxygens (including phenoxy) is 1. The second-order valence-corrected chi connectivity index (χ2v) is 6.46. The fourth-order valence-electron chi connectivity index (χ4n) is 3.10. The van der Waals surface area contributed by atoms with Crippen molar-refractivity contribution in [3.8, 4) is 0 Å². The van der Waals surface area contributed by atoms with E-state index in [1.807, 2.05) is 0 Å². The van der Waals surface area contributed by atoms with Crippen molar-refractivity contribution in [2.75, 3.05) is 17.7 Å². The van der Waals surface area contributed by atoms with Crippen molar-refractivity contribution in [3.63, 3.8) is 0 Å². The first-order valence-corrected chi connectivity index (χ1v) is 8.61. The van der Waals surface area contributed by atoms with E-state index in [2.05, 4.69) is 30.2 Å². The Balaban J connectivity index is 1.60. The first-order chi connectivity index (χ1) is 13.5. The molecule has 0 radical (unpaired) electrons. The fourth-order valence-corrected chi connectivity index (χ4v) is 3.10. The quantitative estimate of drug-likeness (QED) is 0.352. The molecule has 148 valence electrons. The molecule has 1 aliphatic rings. The molecule has 2 unspecified atom stereocenters. The zero-order valence-corrected chi connectivity index (χ0v) is 15.0. The molecule has 1 aliphatic heterocycles. The summed E-state index contributed by atoms with van der Waals surface area (Å²) in [5, 5.41) is 32.6. The van der Waals surface area contributed by atoms with Gasteiger partial charge in [0.2, 0.25) is 0 Å². The summed E-state index contributed by atoms with van der Waals surface area (Å²) in [6.45, 7) is 1.67. The van der Waals surface area contributed by atoms with E-state index in [-0.39, 0.29) is 0 Å². The number of aromatic nitrogens is 6. The van der Waals surface area contributed by atoms with Crippen LogP contribution in [0.3, 0.4) is 0 Å². The van der Waals surface area contributed by atoms with Crippen LogP contribution in [-0.4, -0.2) is 69.7 Å². The number of nitrogens with one attached hydrogen (secondary N) is 1. The predicted molar refractivity (Wildman–Crippen MR) is 96.8 cm³/mol. The summed E-state index contributed by atoms with van der Waals surface area (Å²) < 4.78 is 7.04. The van der Waals surface area contributed by atoms with Crippen LogP contribution in [0.25, 0.3) is 11.2 Å². The van der Waals surface area contributed by atoms with Gasteiger partial charge in [0.25, 0.3) is 0 Å². The number of fused-ring (bicyclic) bond motifs is 1. The minimum Gasteiger partial charge on any atom is -0.394 e. The minimum absolute atomic E-state index is 0.332. The van der Waals surface area contributed by atoms with Crippen LogP contribution in [0, 0.1) is 6.92 Å². The summed E-state index contributed by atoms with van der Waals surface area (Å²) >= 11 is 0. The van der Waals surface area contributed by atoms with Crippen LogP contribution in [-0.2, 0) is 11.3 Å². The molecule has 6 N–H and O–H groups in total. The van der Waals surface area contributed by atoms with E-state index < -0.39 is 31.1 Å². The molecular weight excluding hydrogens is 368 g/mol. The Morgan fingerprint density at radius 3 is 2.75 bits per heavy atom. The molecular formula is C16H20N8O4. The van der Waals surface area contributed by atoms with Crippen LogP contribution in [0.1, 0.15) is 17.6 Å². The van der Waals surface area contributed by atoms with Gasteiger partial charge in [0, 0.05) is 18.3 Å². The Hall–Kier alpha value is -2.93. The summed E-state index contributed by atoms with van der Waals surface area (Å²) in [6.07, 6.45) is 0.165. The highest BCUT2D eigenvalue weighted by atomic mass is 16.6. The molecule has 4 rings (SSSR count). The Morgan fingerprint density at radius 1 is 1.21 bits per heavy atom. The Morgan fingerprint density at radius 2 is 2.04 bits per heavy atom. The zero-order valence-electron chi connectivity index (χ0n) is 15.0. The number of aliphatic hydroxyl groups is 3. The lowest BCUT2D eigenvalue weighted by molar-refractivity contribution is -0.0511. The maximum atomic E-state index is 10.2. The topological polar surface area (TPSA) is 177 Å². The van der Waals surface area contributed by atoms with Gasteiger partial charge in [0.15, 0.2) is 23.2 Å². The number of rotatable bonds is 5. The summed E-state index contributed by atoms with van der Waals surface area (Å²) in [4.78, 5) is 21.0. The van der Waals surface area contributed by atoms with E-state index in [1.165, 1.54) is 17.2 Å². The van der Waals surface area contributed by atoms with E-state index in [4.69, 9.17) is 10.5 Å². The second kappa shape index (κ2) is 7.24. The normalized spacial score (nSPS) is 24.7. The van der Waals surface area contributed by atoms with Crippen LogP contribution in [0.5, 0.6) is 0 Å². The maximum Gasteiger partial charge on any atom is 0.167 e. The smallest absolute Gasteiger partial charge is 0.167 e. The van der Waals surface area contributed by atoms with Gasteiger partial charge in [0.1, 0.15) is 36.3 Å². The zero-order chi connectivity index (χ0) is 19.8. The van der Waals surface area contributed by atoms with Gasteiger partial charge in [-0.25, -0.2) is 24.9 Å². The van der Waals surface area contributed by atoms with E-state index in [0.29, 0.717) is 40.7 Å². The largest absolute Gasteiger partial charge is 0.394 e. The molecule has 0 aromatic carbocycles. The van der Waals surface area contributed by atoms with Gasteiger partial charge in [-0.2, -0.15) is 0 Å². The molecule has 1 fully saturated rings. The van der Waals surface area contributed by atoms with Gasteiger partial charge >= 0.3 is 0 Å². The predicted octanol–water partition coefficient (Wildman–Crippen LogP) is -1.27. The number of hydrogen-bond acceptors (Lipinski definition) is 11. The van der Waals surface area contributed by atoms with Crippen molar-refractivity contribution in [1.29, 1.82) is 0 Å². The van der Waals surface area contributed by atoms with Crippen LogP contribution in [0.4, 0.5) is 11.6 Å². The summed E-state index contributed by atoms with van der Waals surface area (Å²) in [5.74, 6) is 1.42. The van der Waals surface area contributed by atoms with Crippen molar-refractivity contribution in [2.45, 2.75) is 38.0 Å². The van der Waals surface area contributed by atoms with Crippen LogP contribution in [0.15, 0.2) is 18.9 Å². The first-order valence-electron chi connectivity index (χ1n) is 8.61. The highest BCUT2D eigenvalue weighted by Gasteiger charge is 2.44. The van der Waals surface area contributed by atoms with Crippen LogP contribution in [0.2, 0.25) is 0 Å². The molecule has 3 aromatic heterocycles. The van der Waals surface area contributed by atoms with E-state index in [0.717, 1.165) is 0 Å². The third kappa shape index (κ3) is 3.11. The average molecular weight is 388 g/mol. The number of aliphatic hydroxyl groups excluding tert-OH is 3. The Labute approximate surface area is 159 Å². The SMILES string of the molecule is Cc1ncc(CNc2ncnc3c2ncn3[C@@H]2O[C@H](CO)C(O)C2O)c(N)n1. The fraction of sp³-hybridized carbons (Fsp3) is 0.438. The summed E-state index contributed by atoms with van der Waals surface area (Å²) in [7, 11) is 0. The standard InChI is InChI=1S/C16H20N8O4/c1-7-18-2-8(13(17)23-7)3-19-14-10-15(21-5-20-14)24(6-22-10)16-12(27)11(26)9(4-25)28-16/h2,5-6,9,11-12,16,25-27H,3-4H2,1H3,(H2,17,18,23)(H,19,20,21)/t9-,11?,12?,16-/m1/s1. The third-order valence-corrected chi connectivity index (χ3v) is 4.61. The number of nitrogen functional groups attached to an aromatic ring is 1. The van der Waals surface area contributed by atoms with Gasteiger partial charge in [-0.05, 0) is 6.92 Å². The molecule has 0 saturated carbocycles.